The molecule has 2 amide bonds. The predicted molar refractivity (Wildman–Crippen MR) is 210 cm³/mol. The van der Waals surface area contributed by atoms with E-state index in [0.29, 0.717) is 49.0 Å². The Morgan fingerprint density at radius 3 is 1.76 bits per heavy atom. The lowest BCUT2D eigenvalue weighted by Gasteiger charge is -2.29. The molecule has 4 heterocycles. The van der Waals surface area contributed by atoms with Crippen molar-refractivity contribution in [2.75, 3.05) is 19.7 Å². The molecule has 2 aliphatic rings. The van der Waals surface area contributed by atoms with Crippen LogP contribution in [0.5, 0.6) is 0 Å². The third-order valence-corrected chi connectivity index (χ3v) is 9.36. The van der Waals surface area contributed by atoms with Gasteiger partial charge in [-0.1, -0.05) is 7.43 Å². The highest BCUT2D eigenvalue weighted by atomic mass is 35.5. The topological polar surface area (TPSA) is 195 Å². The predicted octanol–water partition coefficient (Wildman–Crippen LogP) is 7.76. The van der Waals surface area contributed by atoms with Crippen LogP contribution in [0.2, 0.25) is 10.6 Å². The highest BCUT2D eigenvalue weighted by Gasteiger charge is 2.25. The molecule has 0 unspecified atom stereocenters. The largest absolute Gasteiger partial charge is 0.444 e. The van der Waals surface area contributed by atoms with E-state index in [1.54, 1.807) is 24.8 Å². The minimum absolute atomic E-state index is 0. The monoisotopic (exact) mass is 792 g/mol. The van der Waals surface area contributed by atoms with Gasteiger partial charge in [0.15, 0.2) is 11.3 Å². The summed E-state index contributed by atoms with van der Waals surface area (Å²) in [6.07, 6.45) is 14.8. The molecule has 4 aromatic heterocycles. The van der Waals surface area contributed by atoms with Crippen LogP contribution in [0.1, 0.15) is 100 Å². The van der Waals surface area contributed by atoms with Crippen molar-refractivity contribution in [3.05, 3.63) is 35.4 Å². The molecule has 0 saturated heterocycles. The minimum Gasteiger partial charge on any atom is -0.444 e. The van der Waals surface area contributed by atoms with Gasteiger partial charge in [0.1, 0.15) is 11.2 Å². The van der Waals surface area contributed by atoms with Crippen molar-refractivity contribution in [3.63, 3.8) is 0 Å². The summed E-state index contributed by atoms with van der Waals surface area (Å²) in [6, 6.07) is 0. The Kier molecular flexibility index (Phi) is 17.1. The number of nitrogens with zero attached hydrogens (tertiary/aromatic N) is 7. The zero-order valence-electron chi connectivity index (χ0n) is 31.6. The standard InChI is InChI=1S/C18H26ClN5O2.C13H25NO3.C5H3ClN4.CH4/c1-18(2,3)26-17(25)21-8-12-4-6-13(7-5-12)11-24-15-14(10-22-24)9-20-16(19)23-15;1-13(2,3)17-12(16)14-8-10-4-6-11(9-15)7-5-10;6-5-7-1-3-2-8-10-4(3)9-5;/h9-10,12-13H,4-8,11H2,1-3H3,(H,21,25);10-11,15H,4-9H2,1-3H3,(H,14,16);1-2H,(H,7,8,9,10);1H4. The lowest BCUT2D eigenvalue weighted by atomic mass is 9.82. The van der Waals surface area contributed by atoms with E-state index in [-0.39, 0.29) is 30.2 Å². The Labute approximate surface area is 328 Å². The Hall–Kier alpha value is -3.82. The van der Waals surface area contributed by atoms with E-state index in [9.17, 15) is 9.59 Å². The van der Waals surface area contributed by atoms with Crippen molar-refractivity contribution in [3.8, 4) is 0 Å². The highest BCUT2D eigenvalue weighted by molar-refractivity contribution is 6.28. The van der Waals surface area contributed by atoms with Crippen molar-refractivity contribution in [2.24, 2.45) is 23.7 Å². The zero-order chi connectivity index (χ0) is 38.6. The van der Waals surface area contributed by atoms with Crippen LogP contribution < -0.4 is 10.6 Å². The Morgan fingerprint density at radius 2 is 1.24 bits per heavy atom. The van der Waals surface area contributed by atoms with Crippen LogP contribution in [0, 0.1) is 23.7 Å². The molecular weight excluding hydrogens is 735 g/mol. The van der Waals surface area contributed by atoms with Gasteiger partial charge in [0, 0.05) is 38.6 Å². The lowest BCUT2D eigenvalue weighted by molar-refractivity contribution is 0.0500. The van der Waals surface area contributed by atoms with Crippen LogP contribution in [0.25, 0.3) is 22.1 Å². The third kappa shape index (κ3) is 15.5. The Bertz CT molecular complexity index is 1740. The summed E-state index contributed by atoms with van der Waals surface area (Å²) < 4.78 is 12.4. The number of halogens is 2. The van der Waals surface area contributed by atoms with Gasteiger partial charge in [-0.3, -0.25) is 5.10 Å². The number of hydrogen-bond donors (Lipinski definition) is 4. The number of ether oxygens (including phenoxy) is 2. The van der Waals surface area contributed by atoms with E-state index in [1.165, 1.54) is 0 Å². The summed E-state index contributed by atoms with van der Waals surface area (Å²) in [6.45, 7) is 13.7. The molecule has 0 bridgehead atoms. The van der Waals surface area contributed by atoms with Gasteiger partial charge in [0.25, 0.3) is 0 Å². The first-order valence-electron chi connectivity index (χ1n) is 18.3. The Balaban J connectivity index is 0.000000239. The summed E-state index contributed by atoms with van der Waals surface area (Å²) in [7, 11) is 0. The first-order chi connectivity index (χ1) is 25.1. The number of alkyl carbamates (subject to hydrolysis) is 2. The number of hydrogen-bond acceptors (Lipinski definition) is 11. The van der Waals surface area contributed by atoms with Crippen molar-refractivity contribution in [2.45, 2.75) is 118 Å². The number of carbonyl (C=O) groups excluding carboxylic acids is 2. The van der Waals surface area contributed by atoms with E-state index < -0.39 is 11.2 Å². The first-order valence-corrected chi connectivity index (χ1v) is 19.0. The maximum absolute atomic E-state index is 11.8. The van der Waals surface area contributed by atoms with Gasteiger partial charge < -0.3 is 25.2 Å². The first kappa shape index (κ1) is 44.6. The van der Waals surface area contributed by atoms with Gasteiger partial charge in [0.2, 0.25) is 10.6 Å². The molecule has 2 fully saturated rings. The van der Waals surface area contributed by atoms with E-state index in [2.05, 4.69) is 45.9 Å². The number of H-pyrrole nitrogens is 1. The quantitative estimate of drug-likeness (QED) is 0.134. The smallest absolute Gasteiger partial charge is 0.407 e. The summed E-state index contributed by atoms with van der Waals surface area (Å²) in [5, 5.41) is 27.8. The fourth-order valence-electron chi connectivity index (χ4n) is 6.26. The molecule has 4 N–H and O–H groups in total. The van der Waals surface area contributed by atoms with Gasteiger partial charge in [-0.2, -0.15) is 20.2 Å². The van der Waals surface area contributed by atoms with Crippen LogP contribution in [-0.4, -0.2) is 88.1 Å². The molecule has 2 saturated carbocycles. The van der Waals surface area contributed by atoms with Gasteiger partial charge in [-0.25, -0.2) is 24.2 Å². The summed E-state index contributed by atoms with van der Waals surface area (Å²) >= 11 is 11.4. The molecule has 54 heavy (non-hydrogen) atoms. The molecular formula is C37H58Cl2N10O5. The summed E-state index contributed by atoms with van der Waals surface area (Å²) in [4.78, 5) is 39.1. The average Bonchev–Trinajstić information content (AvgIpc) is 3.72. The van der Waals surface area contributed by atoms with Crippen LogP contribution in [-0.2, 0) is 16.0 Å². The third-order valence-electron chi connectivity index (χ3n) is 9.00. The molecule has 0 atom stereocenters. The maximum atomic E-state index is 11.8. The van der Waals surface area contributed by atoms with Crippen LogP contribution in [0.15, 0.2) is 24.8 Å². The molecule has 17 heteroatoms. The normalized spacial score (nSPS) is 20.0. The number of aliphatic hydroxyl groups excluding tert-OH is 1. The van der Waals surface area contributed by atoms with E-state index in [0.717, 1.165) is 74.3 Å². The SMILES string of the molecule is C.CC(C)(C)OC(=O)NCC1CCC(CO)CC1.CC(C)(C)OC(=O)NCC1CCC(Cn2ncc3cnc(Cl)nc32)CC1.Clc1ncc2cn[nH]c2n1. The van der Waals surface area contributed by atoms with E-state index in [4.69, 9.17) is 37.8 Å². The number of rotatable bonds is 7. The van der Waals surface area contributed by atoms with Crippen molar-refractivity contribution < 1.29 is 24.2 Å². The zero-order valence-corrected chi connectivity index (χ0v) is 33.1. The Morgan fingerprint density at radius 1 is 0.759 bits per heavy atom. The average molecular weight is 794 g/mol. The van der Waals surface area contributed by atoms with Crippen molar-refractivity contribution >= 4 is 57.5 Å². The number of aromatic nitrogens is 8. The fraction of sp³-hybridized carbons (Fsp3) is 0.676. The second-order valence-electron chi connectivity index (χ2n) is 15.8. The van der Waals surface area contributed by atoms with Gasteiger partial charge in [-0.05, 0) is 140 Å². The maximum Gasteiger partial charge on any atom is 0.407 e. The molecule has 300 valence electrons. The highest BCUT2D eigenvalue weighted by Crippen LogP contribution is 2.30. The minimum atomic E-state index is -0.458. The number of nitrogens with one attached hydrogen (secondary N) is 3. The van der Waals surface area contributed by atoms with Crippen molar-refractivity contribution in [1.82, 2.24) is 50.5 Å². The van der Waals surface area contributed by atoms with Gasteiger partial charge in [0.05, 0.1) is 23.2 Å². The fourth-order valence-corrected chi connectivity index (χ4v) is 6.52. The molecule has 4 aromatic rings. The van der Waals surface area contributed by atoms with E-state index >= 15 is 0 Å². The molecule has 0 aromatic carbocycles. The van der Waals surface area contributed by atoms with E-state index in [1.807, 2.05) is 46.2 Å². The van der Waals surface area contributed by atoms with Gasteiger partial charge >= 0.3 is 12.2 Å². The summed E-state index contributed by atoms with van der Waals surface area (Å²) in [5.41, 5.74) is 0.568. The molecule has 6 rings (SSSR count). The molecule has 2 aliphatic carbocycles. The summed E-state index contributed by atoms with van der Waals surface area (Å²) in [5.74, 6) is 2.06. The molecule has 0 aliphatic heterocycles. The number of carbonyl (C=O) groups is 2. The van der Waals surface area contributed by atoms with Gasteiger partial charge in [-0.15, -0.1) is 0 Å². The van der Waals surface area contributed by atoms with Crippen LogP contribution in [0.4, 0.5) is 9.59 Å². The lowest BCUT2D eigenvalue weighted by Crippen LogP contribution is -2.36. The van der Waals surface area contributed by atoms with Crippen LogP contribution in [0.3, 0.4) is 0 Å². The molecule has 15 nitrogen and oxygen atoms in total. The second-order valence-corrected chi connectivity index (χ2v) is 16.5. The van der Waals surface area contributed by atoms with Crippen molar-refractivity contribution in [1.29, 1.82) is 0 Å². The number of aromatic amines is 1. The second kappa shape index (κ2) is 20.7. The molecule has 0 radical (unpaired) electrons. The van der Waals surface area contributed by atoms with Crippen LogP contribution >= 0.6 is 23.2 Å². The number of fused-ring (bicyclic) bond motifs is 2. The number of aliphatic hydroxyl groups is 1. The molecule has 0 spiro atoms. The number of amides is 2.